The zero-order valence-corrected chi connectivity index (χ0v) is 11.7. The van der Waals surface area contributed by atoms with E-state index in [9.17, 15) is 4.39 Å². The molecule has 3 aliphatic heterocycles. The lowest BCUT2D eigenvalue weighted by Crippen LogP contribution is -2.63. The van der Waals surface area contributed by atoms with Gasteiger partial charge >= 0.3 is 0 Å². The topological polar surface area (TPSA) is 18.5 Å². The second-order valence-electron chi connectivity index (χ2n) is 5.73. The second kappa shape index (κ2) is 5.19. The Morgan fingerprint density at radius 3 is 2.47 bits per heavy atom. The summed E-state index contributed by atoms with van der Waals surface area (Å²) in [7, 11) is 1.98. The van der Waals surface area contributed by atoms with Crippen LogP contribution in [0.25, 0.3) is 0 Å². The molecule has 3 fully saturated rings. The minimum absolute atomic E-state index is 0.133. The highest BCUT2D eigenvalue weighted by Crippen LogP contribution is 2.28. The minimum atomic E-state index is -0.133. The van der Waals surface area contributed by atoms with E-state index in [1.165, 1.54) is 13.1 Å². The number of hydrogen-bond acceptors (Lipinski definition) is 3. The molecule has 3 nitrogen and oxygen atoms in total. The van der Waals surface area contributed by atoms with Crippen molar-refractivity contribution in [3.63, 3.8) is 0 Å². The standard InChI is InChI=1S/C15H22FN3/c1-11-7-12(9-13(16)8-11)15(17-2)14-10-18-3-5-19(14)6-4-18/h7-9,14-15,17H,3-6,10H2,1-2H3. The summed E-state index contributed by atoms with van der Waals surface area (Å²) in [5.41, 5.74) is 2.06. The van der Waals surface area contributed by atoms with Crippen molar-refractivity contribution in [1.82, 2.24) is 15.1 Å². The average molecular weight is 263 g/mol. The minimum Gasteiger partial charge on any atom is -0.312 e. The van der Waals surface area contributed by atoms with Gasteiger partial charge in [-0.2, -0.15) is 0 Å². The van der Waals surface area contributed by atoms with Gasteiger partial charge in [0.25, 0.3) is 0 Å². The summed E-state index contributed by atoms with van der Waals surface area (Å²) in [6, 6.07) is 6.02. The average Bonchev–Trinajstić information content (AvgIpc) is 2.40. The van der Waals surface area contributed by atoms with Crippen LogP contribution in [0, 0.1) is 12.7 Å². The molecule has 1 N–H and O–H groups in total. The van der Waals surface area contributed by atoms with Crippen molar-refractivity contribution in [2.75, 3.05) is 39.8 Å². The maximum Gasteiger partial charge on any atom is 0.123 e. The molecule has 1 aromatic rings. The van der Waals surface area contributed by atoms with Crippen LogP contribution in [0.4, 0.5) is 4.39 Å². The van der Waals surface area contributed by atoms with Gasteiger partial charge in [0.1, 0.15) is 5.82 Å². The lowest BCUT2D eigenvalue weighted by Gasteiger charge is -2.50. The van der Waals surface area contributed by atoms with Gasteiger partial charge in [-0.1, -0.05) is 6.07 Å². The predicted octanol–water partition coefficient (Wildman–Crippen LogP) is 1.39. The molecule has 0 aliphatic carbocycles. The molecule has 0 aromatic heterocycles. The molecular weight excluding hydrogens is 241 g/mol. The van der Waals surface area contributed by atoms with Crippen LogP contribution in [-0.2, 0) is 0 Å². The molecule has 0 amide bonds. The van der Waals surface area contributed by atoms with E-state index in [0.29, 0.717) is 6.04 Å². The van der Waals surface area contributed by atoms with Gasteiger partial charge in [0, 0.05) is 44.8 Å². The molecule has 0 radical (unpaired) electrons. The Kier molecular flexibility index (Phi) is 3.56. The molecular formula is C15H22FN3. The molecule has 3 saturated heterocycles. The fraction of sp³-hybridized carbons (Fsp3) is 0.600. The van der Waals surface area contributed by atoms with E-state index < -0.39 is 0 Å². The number of rotatable bonds is 3. The Morgan fingerprint density at radius 1 is 1.21 bits per heavy atom. The number of benzene rings is 1. The quantitative estimate of drug-likeness (QED) is 0.889. The number of hydrogen-bond donors (Lipinski definition) is 1. The second-order valence-corrected chi connectivity index (χ2v) is 5.73. The number of nitrogens with zero attached hydrogens (tertiary/aromatic N) is 2. The number of aryl methyl sites for hydroxylation is 1. The van der Waals surface area contributed by atoms with Crippen molar-refractivity contribution in [2.24, 2.45) is 0 Å². The van der Waals surface area contributed by atoms with E-state index >= 15 is 0 Å². The van der Waals surface area contributed by atoms with Gasteiger partial charge in [0.15, 0.2) is 0 Å². The van der Waals surface area contributed by atoms with Crippen molar-refractivity contribution >= 4 is 0 Å². The fourth-order valence-electron chi connectivity index (χ4n) is 3.50. The summed E-state index contributed by atoms with van der Waals surface area (Å²) < 4.78 is 13.6. The fourth-order valence-corrected chi connectivity index (χ4v) is 3.50. The molecule has 0 saturated carbocycles. The third kappa shape index (κ3) is 2.53. The van der Waals surface area contributed by atoms with Crippen LogP contribution in [0.3, 0.4) is 0 Å². The number of halogens is 1. The highest BCUT2D eigenvalue weighted by atomic mass is 19.1. The molecule has 2 atom stereocenters. The molecule has 1 aromatic carbocycles. The summed E-state index contributed by atoms with van der Waals surface area (Å²) >= 11 is 0. The van der Waals surface area contributed by atoms with Crippen LogP contribution < -0.4 is 5.32 Å². The molecule has 4 heteroatoms. The summed E-state index contributed by atoms with van der Waals surface area (Å²) in [6.45, 7) is 7.66. The molecule has 19 heavy (non-hydrogen) atoms. The first-order valence-corrected chi connectivity index (χ1v) is 7.08. The largest absolute Gasteiger partial charge is 0.312 e. The predicted molar refractivity (Wildman–Crippen MR) is 74.7 cm³/mol. The third-order valence-electron chi connectivity index (χ3n) is 4.44. The van der Waals surface area contributed by atoms with Crippen LogP contribution in [0.2, 0.25) is 0 Å². The van der Waals surface area contributed by atoms with Crippen LogP contribution in [-0.4, -0.2) is 55.6 Å². The summed E-state index contributed by atoms with van der Waals surface area (Å²) in [5.74, 6) is -0.133. The molecule has 4 rings (SSSR count). The van der Waals surface area contributed by atoms with Crippen LogP contribution in [0.5, 0.6) is 0 Å². The van der Waals surface area contributed by atoms with Crippen molar-refractivity contribution in [1.29, 1.82) is 0 Å². The van der Waals surface area contributed by atoms with Gasteiger partial charge in [-0.25, -0.2) is 4.39 Å². The smallest absolute Gasteiger partial charge is 0.123 e. The normalized spacial score (nSPS) is 31.4. The summed E-state index contributed by atoms with van der Waals surface area (Å²) in [4.78, 5) is 5.06. The molecule has 0 spiro atoms. The van der Waals surface area contributed by atoms with E-state index in [1.54, 1.807) is 12.1 Å². The highest BCUT2D eigenvalue weighted by molar-refractivity contribution is 5.28. The van der Waals surface area contributed by atoms with E-state index in [2.05, 4.69) is 21.2 Å². The monoisotopic (exact) mass is 263 g/mol. The number of piperazine rings is 3. The van der Waals surface area contributed by atoms with Crippen molar-refractivity contribution < 1.29 is 4.39 Å². The maximum atomic E-state index is 13.6. The van der Waals surface area contributed by atoms with Crippen molar-refractivity contribution in [2.45, 2.75) is 19.0 Å². The van der Waals surface area contributed by atoms with Gasteiger partial charge in [-0.3, -0.25) is 9.80 Å². The number of likely N-dealkylation sites (N-methyl/N-ethyl adjacent to an activating group) is 1. The van der Waals surface area contributed by atoms with E-state index in [1.807, 2.05) is 14.0 Å². The van der Waals surface area contributed by atoms with Gasteiger partial charge in [-0.05, 0) is 37.2 Å². The van der Waals surface area contributed by atoms with Crippen molar-refractivity contribution in [3.8, 4) is 0 Å². The number of nitrogens with one attached hydrogen (secondary N) is 1. The Bertz CT molecular complexity index is 434. The molecule has 2 bridgehead atoms. The van der Waals surface area contributed by atoms with Crippen LogP contribution >= 0.6 is 0 Å². The highest BCUT2D eigenvalue weighted by Gasteiger charge is 2.36. The SMILES string of the molecule is CNC(c1cc(C)cc(F)c1)C1CN2CCN1CC2. The Balaban J connectivity index is 1.87. The van der Waals surface area contributed by atoms with Gasteiger partial charge < -0.3 is 5.32 Å². The maximum absolute atomic E-state index is 13.6. The van der Waals surface area contributed by atoms with E-state index in [4.69, 9.17) is 0 Å². The first-order chi connectivity index (χ1) is 9.17. The third-order valence-corrected chi connectivity index (χ3v) is 4.44. The Morgan fingerprint density at radius 2 is 1.95 bits per heavy atom. The Labute approximate surface area is 114 Å². The number of fused-ring (bicyclic) bond motifs is 3. The molecule has 2 unspecified atom stereocenters. The van der Waals surface area contributed by atoms with Gasteiger partial charge in [0.05, 0.1) is 0 Å². The Hall–Kier alpha value is -0.970. The van der Waals surface area contributed by atoms with E-state index in [0.717, 1.165) is 30.8 Å². The van der Waals surface area contributed by atoms with E-state index in [-0.39, 0.29) is 11.9 Å². The van der Waals surface area contributed by atoms with Crippen molar-refractivity contribution in [3.05, 3.63) is 35.1 Å². The van der Waals surface area contributed by atoms with Crippen LogP contribution in [0.1, 0.15) is 17.2 Å². The lowest BCUT2D eigenvalue weighted by atomic mass is 9.93. The molecule has 104 valence electrons. The van der Waals surface area contributed by atoms with Gasteiger partial charge in [0.2, 0.25) is 0 Å². The first kappa shape index (κ1) is 13.0. The zero-order chi connectivity index (χ0) is 13.4. The van der Waals surface area contributed by atoms with Gasteiger partial charge in [-0.15, -0.1) is 0 Å². The zero-order valence-electron chi connectivity index (χ0n) is 11.7. The molecule has 3 heterocycles. The lowest BCUT2D eigenvalue weighted by molar-refractivity contribution is -0.00258. The first-order valence-electron chi connectivity index (χ1n) is 7.08. The molecule has 3 aliphatic rings. The summed E-state index contributed by atoms with van der Waals surface area (Å²) in [5, 5.41) is 3.39. The summed E-state index contributed by atoms with van der Waals surface area (Å²) in [6.07, 6.45) is 0. The van der Waals surface area contributed by atoms with Crippen LogP contribution in [0.15, 0.2) is 18.2 Å².